The molecule has 1 aliphatic rings. The van der Waals surface area contributed by atoms with Crippen LogP contribution in [0.5, 0.6) is 5.75 Å². The van der Waals surface area contributed by atoms with E-state index in [2.05, 4.69) is 10.6 Å². The van der Waals surface area contributed by atoms with Crippen LogP contribution in [0.2, 0.25) is 0 Å². The second-order valence-corrected chi connectivity index (χ2v) is 6.74. The minimum atomic E-state index is -0.671. The van der Waals surface area contributed by atoms with Crippen LogP contribution in [-0.4, -0.2) is 36.9 Å². The molecule has 0 bridgehead atoms. The number of para-hydroxylation sites is 3. The number of amides is 3. The molecule has 28 heavy (non-hydrogen) atoms. The van der Waals surface area contributed by atoms with Crippen LogP contribution in [0.15, 0.2) is 42.5 Å². The minimum Gasteiger partial charge on any atom is -0.479 e. The number of nitrogens with zero attached hydrogens (tertiary/aromatic N) is 1. The Kier molecular flexibility index (Phi) is 5.63. The van der Waals surface area contributed by atoms with E-state index in [1.165, 1.54) is 4.90 Å². The van der Waals surface area contributed by atoms with Gasteiger partial charge in [-0.2, -0.15) is 0 Å². The molecule has 0 radical (unpaired) electrons. The number of anilines is 2. The second-order valence-electron chi connectivity index (χ2n) is 6.74. The fourth-order valence-corrected chi connectivity index (χ4v) is 3.10. The first-order chi connectivity index (χ1) is 13.4. The summed E-state index contributed by atoms with van der Waals surface area (Å²) < 4.78 is 5.56. The van der Waals surface area contributed by atoms with Gasteiger partial charge in [0.05, 0.1) is 12.2 Å². The summed E-state index contributed by atoms with van der Waals surface area (Å²) in [6.07, 6.45) is -0.671. The third-order valence-electron chi connectivity index (χ3n) is 4.57. The molecule has 0 saturated carbocycles. The standard InChI is InChI=1S/C21H23N3O4/c1-13-7-6-8-14(2)20(13)23-18(25)11-22-19(26)12-24-16-9-4-5-10-17(16)28-15(3)21(24)27/h4-10,15H,11-12H2,1-3H3,(H,22,26)(H,23,25)/t15-/m0/s1. The summed E-state index contributed by atoms with van der Waals surface area (Å²) in [5.41, 5.74) is 3.18. The van der Waals surface area contributed by atoms with Crippen molar-refractivity contribution in [3.63, 3.8) is 0 Å². The summed E-state index contributed by atoms with van der Waals surface area (Å²) in [4.78, 5) is 38.3. The van der Waals surface area contributed by atoms with E-state index in [0.29, 0.717) is 11.4 Å². The molecule has 0 aliphatic carbocycles. The zero-order chi connectivity index (χ0) is 20.3. The van der Waals surface area contributed by atoms with E-state index >= 15 is 0 Å². The van der Waals surface area contributed by atoms with Gasteiger partial charge >= 0.3 is 0 Å². The van der Waals surface area contributed by atoms with Crippen LogP contribution in [0.4, 0.5) is 11.4 Å². The zero-order valence-electron chi connectivity index (χ0n) is 16.1. The van der Waals surface area contributed by atoms with E-state index in [4.69, 9.17) is 4.74 Å². The summed E-state index contributed by atoms with van der Waals surface area (Å²) in [5.74, 6) is -0.495. The van der Waals surface area contributed by atoms with Gasteiger partial charge in [-0.15, -0.1) is 0 Å². The van der Waals surface area contributed by atoms with Gasteiger partial charge in [-0.25, -0.2) is 0 Å². The number of carbonyl (C=O) groups excluding carboxylic acids is 3. The van der Waals surface area contributed by atoms with E-state index in [0.717, 1.165) is 16.8 Å². The van der Waals surface area contributed by atoms with Crippen LogP contribution in [0.3, 0.4) is 0 Å². The summed E-state index contributed by atoms with van der Waals surface area (Å²) >= 11 is 0. The molecule has 1 atom stereocenters. The van der Waals surface area contributed by atoms with Crippen LogP contribution >= 0.6 is 0 Å². The van der Waals surface area contributed by atoms with E-state index in [1.54, 1.807) is 31.2 Å². The van der Waals surface area contributed by atoms with E-state index in [9.17, 15) is 14.4 Å². The number of benzene rings is 2. The van der Waals surface area contributed by atoms with Gasteiger partial charge in [0.1, 0.15) is 12.3 Å². The van der Waals surface area contributed by atoms with Crippen molar-refractivity contribution in [1.82, 2.24) is 5.32 Å². The van der Waals surface area contributed by atoms with Gasteiger partial charge in [-0.3, -0.25) is 19.3 Å². The van der Waals surface area contributed by atoms with E-state index < -0.39 is 12.0 Å². The smallest absolute Gasteiger partial charge is 0.268 e. The highest BCUT2D eigenvalue weighted by atomic mass is 16.5. The Morgan fingerprint density at radius 2 is 1.71 bits per heavy atom. The zero-order valence-corrected chi connectivity index (χ0v) is 16.1. The van der Waals surface area contributed by atoms with Crippen LogP contribution in [0.25, 0.3) is 0 Å². The van der Waals surface area contributed by atoms with Crippen molar-refractivity contribution in [2.24, 2.45) is 0 Å². The Morgan fingerprint density at radius 1 is 1.04 bits per heavy atom. The highest BCUT2D eigenvalue weighted by molar-refractivity contribution is 6.04. The molecule has 7 nitrogen and oxygen atoms in total. The molecule has 2 aromatic carbocycles. The number of rotatable bonds is 5. The number of fused-ring (bicyclic) bond motifs is 1. The normalized spacial score (nSPS) is 15.5. The molecule has 3 rings (SSSR count). The Hall–Kier alpha value is -3.35. The summed E-state index contributed by atoms with van der Waals surface area (Å²) in [7, 11) is 0. The SMILES string of the molecule is Cc1cccc(C)c1NC(=O)CNC(=O)CN1C(=O)[C@H](C)Oc2ccccc21. The van der Waals surface area contributed by atoms with Crippen molar-refractivity contribution < 1.29 is 19.1 Å². The van der Waals surface area contributed by atoms with Crippen LogP contribution in [-0.2, 0) is 14.4 Å². The van der Waals surface area contributed by atoms with Crippen LogP contribution in [0, 0.1) is 13.8 Å². The maximum atomic E-state index is 12.4. The van der Waals surface area contributed by atoms with E-state index in [1.807, 2.05) is 32.0 Å². The number of ether oxygens (including phenoxy) is 1. The van der Waals surface area contributed by atoms with Gasteiger partial charge in [-0.05, 0) is 44.0 Å². The maximum absolute atomic E-state index is 12.4. The molecular formula is C21H23N3O4. The first kappa shape index (κ1) is 19.4. The van der Waals surface area contributed by atoms with Gasteiger partial charge in [0.15, 0.2) is 6.10 Å². The maximum Gasteiger partial charge on any atom is 0.268 e. The second kappa shape index (κ2) is 8.12. The summed E-state index contributed by atoms with van der Waals surface area (Å²) in [5, 5.41) is 5.38. The molecular weight excluding hydrogens is 358 g/mol. The Morgan fingerprint density at radius 3 is 2.43 bits per heavy atom. The van der Waals surface area contributed by atoms with Crippen molar-refractivity contribution >= 4 is 29.1 Å². The Balaban J connectivity index is 1.60. The summed E-state index contributed by atoms with van der Waals surface area (Å²) in [6, 6.07) is 12.8. The molecule has 2 aromatic rings. The molecule has 0 spiro atoms. The lowest BCUT2D eigenvalue weighted by molar-refractivity contribution is -0.128. The van der Waals surface area contributed by atoms with E-state index in [-0.39, 0.29) is 24.9 Å². The van der Waals surface area contributed by atoms with Crippen molar-refractivity contribution in [3.8, 4) is 5.75 Å². The average molecular weight is 381 g/mol. The van der Waals surface area contributed by atoms with Gasteiger partial charge in [-0.1, -0.05) is 30.3 Å². The number of hydrogen-bond donors (Lipinski definition) is 2. The molecule has 0 unspecified atom stereocenters. The Labute approximate surface area is 163 Å². The number of nitrogens with one attached hydrogen (secondary N) is 2. The predicted octanol–water partition coefficient (Wildman–Crippen LogP) is 2.17. The highest BCUT2D eigenvalue weighted by Gasteiger charge is 2.32. The predicted molar refractivity (Wildman–Crippen MR) is 106 cm³/mol. The molecule has 0 aromatic heterocycles. The Bertz CT molecular complexity index is 905. The number of aryl methyl sites for hydroxylation is 2. The molecule has 3 amide bonds. The highest BCUT2D eigenvalue weighted by Crippen LogP contribution is 2.33. The lowest BCUT2D eigenvalue weighted by Crippen LogP contribution is -2.49. The van der Waals surface area contributed by atoms with Gasteiger partial charge in [0.2, 0.25) is 11.8 Å². The fourth-order valence-electron chi connectivity index (χ4n) is 3.10. The third kappa shape index (κ3) is 4.14. The lowest BCUT2D eigenvalue weighted by atomic mass is 10.1. The molecule has 146 valence electrons. The first-order valence-electron chi connectivity index (χ1n) is 9.06. The van der Waals surface area contributed by atoms with Crippen molar-refractivity contribution in [2.75, 3.05) is 23.3 Å². The third-order valence-corrected chi connectivity index (χ3v) is 4.57. The molecule has 2 N–H and O–H groups in total. The summed E-state index contributed by atoms with van der Waals surface area (Å²) in [6.45, 7) is 5.09. The number of carbonyl (C=O) groups is 3. The van der Waals surface area contributed by atoms with Gasteiger partial charge in [0, 0.05) is 5.69 Å². The molecule has 0 saturated heterocycles. The monoisotopic (exact) mass is 381 g/mol. The molecule has 1 aliphatic heterocycles. The topological polar surface area (TPSA) is 87.7 Å². The largest absolute Gasteiger partial charge is 0.479 e. The quantitative estimate of drug-likeness (QED) is 0.831. The first-order valence-corrected chi connectivity index (χ1v) is 9.06. The number of hydrogen-bond acceptors (Lipinski definition) is 4. The van der Waals surface area contributed by atoms with Crippen molar-refractivity contribution in [1.29, 1.82) is 0 Å². The average Bonchev–Trinajstić information content (AvgIpc) is 2.67. The molecule has 7 heteroatoms. The minimum absolute atomic E-state index is 0.178. The van der Waals surface area contributed by atoms with Crippen LogP contribution in [0.1, 0.15) is 18.1 Å². The molecule has 1 heterocycles. The van der Waals surface area contributed by atoms with Crippen molar-refractivity contribution in [3.05, 3.63) is 53.6 Å². The fraction of sp³-hybridized carbons (Fsp3) is 0.286. The molecule has 0 fully saturated rings. The van der Waals surface area contributed by atoms with Gasteiger partial charge in [0.25, 0.3) is 5.91 Å². The van der Waals surface area contributed by atoms with Crippen molar-refractivity contribution in [2.45, 2.75) is 26.9 Å². The van der Waals surface area contributed by atoms with Crippen LogP contribution < -0.4 is 20.3 Å². The van der Waals surface area contributed by atoms with Gasteiger partial charge < -0.3 is 15.4 Å². The lowest BCUT2D eigenvalue weighted by Gasteiger charge is -2.32.